The summed E-state index contributed by atoms with van der Waals surface area (Å²) < 4.78 is 0. The zero-order valence-electron chi connectivity index (χ0n) is 15.5. The zero-order valence-corrected chi connectivity index (χ0v) is 15.5. The smallest absolute Gasteiger partial charge is 0.253 e. The number of nitrogens with zero attached hydrogens (tertiary/aromatic N) is 2. The molecule has 3 heterocycles. The molecule has 0 unspecified atom stereocenters. The molecule has 1 N–H and O–H groups in total. The van der Waals surface area contributed by atoms with Gasteiger partial charge >= 0.3 is 0 Å². The largest absolute Gasteiger partial charge is 0.351 e. The van der Waals surface area contributed by atoms with Gasteiger partial charge in [0.15, 0.2) is 0 Å². The summed E-state index contributed by atoms with van der Waals surface area (Å²) in [6, 6.07) is 8.27. The van der Waals surface area contributed by atoms with E-state index in [1.165, 1.54) is 44.3 Å². The van der Waals surface area contributed by atoms with E-state index in [9.17, 15) is 9.59 Å². The molecule has 3 saturated heterocycles. The lowest BCUT2D eigenvalue weighted by atomic mass is 9.92. The summed E-state index contributed by atoms with van der Waals surface area (Å²) >= 11 is 0. The van der Waals surface area contributed by atoms with E-state index in [0.29, 0.717) is 18.9 Å². The van der Waals surface area contributed by atoms with E-state index in [1.54, 1.807) is 0 Å². The molecule has 0 bridgehead atoms. The molecule has 2 amide bonds. The Labute approximate surface area is 155 Å². The van der Waals surface area contributed by atoms with Crippen molar-refractivity contribution >= 4 is 11.8 Å². The molecule has 140 valence electrons. The van der Waals surface area contributed by atoms with Crippen LogP contribution in [-0.4, -0.2) is 53.8 Å². The molecule has 5 nitrogen and oxygen atoms in total. The lowest BCUT2D eigenvalue weighted by molar-refractivity contribution is -0.119. The SMILES string of the molecule is O=C1C[C@H]2CCN(C(=O)c3ccc(CN4CCCCCC4)cc3)C[C@H]2N1. The Morgan fingerprint density at radius 2 is 1.77 bits per heavy atom. The van der Waals surface area contributed by atoms with Crippen molar-refractivity contribution in [2.45, 2.75) is 51.1 Å². The summed E-state index contributed by atoms with van der Waals surface area (Å²) in [4.78, 5) is 28.8. The summed E-state index contributed by atoms with van der Waals surface area (Å²) in [5, 5.41) is 3.01. The lowest BCUT2D eigenvalue weighted by Gasteiger charge is -2.34. The Kier molecular flexibility index (Phi) is 5.25. The molecule has 0 aliphatic carbocycles. The molecular formula is C21H29N3O2. The van der Waals surface area contributed by atoms with Crippen LogP contribution in [0.15, 0.2) is 24.3 Å². The number of hydrogen-bond acceptors (Lipinski definition) is 3. The van der Waals surface area contributed by atoms with Gasteiger partial charge in [0.25, 0.3) is 5.91 Å². The van der Waals surface area contributed by atoms with Gasteiger partial charge in [-0.1, -0.05) is 25.0 Å². The van der Waals surface area contributed by atoms with Gasteiger partial charge in [0.1, 0.15) is 0 Å². The molecular weight excluding hydrogens is 326 g/mol. The van der Waals surface area contributed by atoms with Gasteiger partial charge in [-0.2, -0.15) is 0 Å². The topological polar surface area (TPSA) is 52.7 Å². The van der Waals surface area contributed by atoms with E-state index in [0.717, 1.165) is 25.1 Å². The molecule has 4 rings (SSSR count). The molecule has 0 saturated carbocycles. The van der Waals surface area contributed by atoms with Crippen molar-refractivity contribution < 1.29 is 9.59 Å². The minimum atomic E-state index is 0.0888. The quantitative estimate of drug-likeness (QED) is 0.906. The van der Waals surface area contributed by atoms with Gasteiger partial charge < -0.3 is 10.2 Å². The molecule has 5 heteroatoms. The number of carbonyl (C=O) groups excluding carboxylic acids is 2. The first-order valence-corrected chi connectivity index (χ1v) is 10.1. The van der Waals surface area contributed by atoms with Gasteiger partial charge in [0.2, 0.25) is 5.91 Å². The van der Waals surface area contributed by atoms with Crippen LogP contribution in [-0.2, 0) is 11.3 Å². The second-order valence-corrected chi connectivity index (χ2v) is 8.07. The van der Waals surface area contributed by atoms with Crippen molar-refractivity contribution in [1.29, 1.82) is 0 Å². The Bertz CT molecular complexity index is 650. The summed E-state index contributed by atoms with van der Waals surface area (Å²) in [5.74, 6) is 0.626. The number of benzene rings is 1. The van der Waals surface area contributed by atoms with E-state index in [2.05, 4.69) is 22.3 Å². The second-order valence-electron chi connectivity index (χ2n) is 8.07. The fourth-order valence-electron chi connectivity index (χ4n) is 4.58. The molecule has 3 aliphatic heterocycles. The summed E-state index contributed by atoms with van der Waals surface area (Å²) in [6.45, 7) is 4.74. The van der Waals surface area contributed by atoms with Crippen LogP contribution in [0.1, 0.15) is 54.4 Å². The number of rotatable bonds is 3. The Morgan fingerprint density at radius 3 is 2.50 bits per heavy atom. The highest BCUT2D eigenvalue weighted by Crippen LogP contribution is 2.26. The van der Waals surface area contributed by atoms with Gasteiger partial charge in [-0.05, 0) is 56.0 Å². The van der Waals surface area contributed by atoms with Gasteiger partial charge in [-0.25, -0.2) is 0 Å². The number of piperidine rings is 1. The third-order valence-electron chi connectivity index (χ3n) is 6.14. The van der Waals surface area contributed by atoms with Crippen molar-refractivity contribution in [3.05, 3.63) is 35.4 Å². The normalized spacial score (nSPS) is 26.9. The Hall–Kier alpha value is -1.88. The molecule has 0 aromatic heterocycles. The Morgan fingerprint density at radius 1 is 1.04 bits per heavy atom. The molecule has 0 radical (unpaired) electrons. The van der Waals surface area contributed by atoms with Crippen molar-refractivity contribution in [3.63, 3.8) is 0 Å². The van der Waals surface area contributed by atoms with Gasteiger partial charge in [-0.15, -0.1) is 0 Å². The molecule has 1 aromatic rings. The van der Waals surface area contributed by atoms with Crippen LogP contribution in [0.3, 0.4) is 0 Å². The number of hydrogen-bond donors (Lipinski definition) is 1. The van der Waals surface area contributed by atoms with Crippen LogP contribution in [0.4, 0.5) is 0 Å². The predicted octanol–water partition coefficient (Wildman–Crippen LogP) is 2.41. The first-order valence-electron chi connectivity index (χ1n) is 10.1. The van der Waals surface area contributed by atoms with Crippen molar-refractivity contribution in [3.8, 4) is 0 Å². The summed E-state index contributed by atoms with van der Waals surface area (Å²) in [7, 11) is 0. The number of carbonyl (C=O) groups is 2. The van der Waals surface area contributed by atoms with E-state index >= 15 is 0 Å². The fraction of sp³-hybridized carbons (Fsp3) is 0.619. The van der Waals surface area contributed by atoms with E-state index < -0.39 is 0 Å². The van der Waals surface area contributed by atoms with Gasteiger partial charge in [0, 0.05) is 37.7 Å². The van der Waals surface area contributed by atoms with Gasteiger partial charge in [-0.3, -0.25) is 14.5 Å². The number of amides is 2. The average molecular weight is 355 g/mol. The molecule has 2 atom stereocenters. The third-order valence-corrected chi connectivity index (χ3v) is 6.14. The van der Waals surface area contributed by atoms with Crippen molar-refractivity contribution in [2.24, 2.45) is 5.92 Å². The van der Waals surface area contributed by atoms with Crippen LogP contribution in [0.5, 0.6) is 0 Å². The van der Waals surface area contributed by atoms with Crippen LogP contribution in [0.25, 0.3) is 0 Å². The molecule has 1 aromatic carbocycles. The van der Waals surface area contributed by atoms with Crippen LogP contribution in [0, 0.1) is 5.92 Å². The Balaban J connectivity index is 1.35. The minimum Gasteiger partial charge on any atom is -0.351 e. The standard InChI is InChI=1S/C21H29N3O2/c25-20-13-18-9-12-24(15-19(18)22-20)21(26)17-7-5-16(6-8-17)14-23-10-3-1-2-4-11-23/h5-8,18-19H,1-4,9-15H2,(H,22,25)/t18-,19-/m1/s1. The highest BCUT2D eigenvalue weighted by atomic mass is 16.2. The summed E-state index contributed by atoms with van der Waals surface area (Å²) in [6.07, 6.45) is 6.83. The van der Waals surface area contributed by atoms with Crippen LogP contribution >= 0.6 is 0 Å². The molecule has 26 heavy (non-hydrogen) atoms. The van der Waals surface area contributed by atoms with Crippen LogP contribution < -0.4 is 5.32 Å². The van der Waals surface area contributed by atoms with E-state index in [-0.39, 0.29) is 17.9 Å². The second kappa shape index (κ2) is 7.78. The van der Waals surface area contributed by atoms with Gasteiger partial charge in [0.05, 0.1) is 0 Å². The number of likely N-dealkylation sites (tertiary alicyclic amines) is 2. The first-order chi connectivity index (χ1) is 12.7. The third kappa shape index (κ3) is 3.93. The minimum absolute atomic E-state index is 0.0888. The highest BCUT2D eigenvalue weighted by molar-refractivity contribution is 5.94. The average Bonchev–Trinajstić information content (AvgIpc) is 2.84. The lowest BCUT2D eigenvalue weighted by Crippen LogP contribution is -2.49. The molecule has 0 spiro atoms. The maximum atomic E-state index is 12.8. The fourth-order valence-corrected chi connectivity index (χ4v) is 4.58. The number of nitrogens with one attached hydrogen (secondary N) is 1. The number of fused-ring (bicyclic) bond motifs is 1. The van der Waals surface area contributed by atoms with Crippen molar-refractivity contribution in [1.82, 2.24) is 15.1 Å². The monoisotopic (exact) mass is 355 g/mol. The van der Waals surface area contributed by atoms with Crippen molar-refractivity contribution in [2.75, 3.05) is 26.2 Å². The highest BCUT2D eigenvalue weighted by Gasteiger charge is 2.38. The summed E-state index contributed by atoms with van der Waals surface area (Å²) in [5.41, 5.74) is 2.04. The predicted molar refractivity (Wildman–Crippen MR) is 101 cm³/mol. The van der Waals surface area contributed by atoms with Crippen LogP contribution in [0.2, 0.25) is 0 Å². The zero-order chi connectivity index (χ0) is 17.9. The van der Waals surface area contributed by atoms with E-state index in [4.69, 9.17) is 0 Å². The molecule has 3 fully saturated rings. The molecule has 3 aliphatic rings. The van der Waals surface area contributed by atoms with E-state index in [1.807, 2.05) is 17.0 Å². The first kappa shape index (κ1) is 17.5. The maximum absolute atomic E-state index is 12.8. The maximum Gasteiger partial charge on any atom is 0.253 e.